The second kappa shape index (κ2) is 10.1. The number of rotatable bonds is 0. The summed E-state index contributed by atoms with van der Waals surface area (Å²) < 4.78 is 0. The van der Waals surface area contributed by atoms with Gasteiger partial charge in [0.05, 0.1) is 0 Å². The van der Waals surface area contributed by atoms with Crippen molar-refractivity contribution < 1.29 is 51.4 Å². The molecule has 0 aliphatic heterocycles. The SMILES string of the molecule is CC.CC1=CC=[C-]CC1.[K+]. The van der Waals surface area contributed by atoms with Gasteiger partial charge in [0.2, 0.25) is 0 Å². The van der Waals surface area contributed by atoms with Crippen molar-refractivity contribution in [3.05, 3.63) is 23.8 Å². The Labute approximate surface area is 107 Å². The third kappa shape index (κ3) is 7.23. The Morgan fingerprint density at radius 2 is 2.00 bits per heavy atom. The minimum absolute atomic E-state index is 0. The second-order valence-electron chi connectivity index (χ2n) is 1.88. The Balaban J connectivity index is 0. The standard InChI is InChI=1S/C7H9.C2H6.K/c1-7-5-3-2-4-6-7;1-2;/h3,5H,4,6H2,1H3;1-2H3;/q-1;;+1. The van der Waals surface area contributed by atoms with Crippen LogP contribution in [0.15, 0.2) is 17.7 Å². The summed E-state index contributed by atoms with van der Waals surface area (Å²) in [5.41, 5.74) is 1.47. The van der Waals surface area contributed by atoms with Gasteiger partial charge in [0.1, 0.15) is 0 Å². The first-order chi connectivity index (χ1) is 4.39. The van der Waals surface area contributed by atoms with Gasteiger partial charge in [0.25, 0.3) is 0 Å². The van der Waals surface area contributed by atoms with Gasteiger partial charge >= 0.3 is 51.4 Å². The Bertz CT molecular complexity index is 112. The predicted octanol–water partition coefficient (Wildman–Crippen LogP) is 0.116. The fourth-order valence-electron chi connectivity index (χ4n) is 0.637. The Kier molecular flexibility index (Phi) is 13.8. The fraction of sp³-hybridized carbons (Fsp3) is 0.556. The van der Waals surface area contributed by atoms with E-state index in [4.69, 9.17) is 0 Å². The topological polar surface area (TPSA) is 0 Å². The Hall–Kier alpha value is 1.12. The molecule has 1 aliphatic rings. The van der Waals surface area contributed by atoms with Gasteiger partial charge < -0.3 is 0 Å². The van der Waals surface area contributed by atoms with Gasteiger partial charge in [-0.1, -0.05) is 27.2 Å². The third-order valence-corrected chi connectivity index (χ3v) is 1.15. The van der Waals surface area contributed by atoms with E-state index in [1.165, 1.54) is 12.0 Å². The maximum absolute atomic E-state index is 3.11. The van der Waals surface area contributed by atoms with Crippen molar-refractivity contribution >= 4 is 0 Å². The molecular weight excluding hydrogens is 147 g/mol. The molecule has 1 aliphatic carbocycles. The first kappa shape index (κ1) is 13.7. The predicted molar refractivity (Wildman–Crippen MR) is 42.2 cm³/mol. The average Bonchev–Trinajstić information content (AvgIpc) is 1.94. The molecule has 0 atom stereocenters. The van der Waals surface area contributed by atoms with Crippen LogP contribution < -0.4 is 51.4 Å². The molecule has 0 saturated carbocycles. The van der Waals surface area contributed by atoms with Gasteiger partial charge in [-0.05, 0) is 0 Å². The summed E-state index contributed by atoms with van der Waals surface area (Å²) in [6, 6.07) is 0. The van der Waals surface area contributed by atoms with E-state index in [2.05, 4.69) is 19.1 Å². The number of allylic oxidation sites excluding steroid dienone is 4. The monoisotopic (exact) mass is 162 g/mol. The summed E-state index contributed by atoms with van der Waals surface area (Å²) in [5.74, 6) is 0. The molecule has 0 radical (unpaired) electrons. The first-order valence-corrected chi connectivity index (χ1v) is 3.62. The normalized spacial score (nSPS) is 14.1. The van der Waals surface area contributed by atoms with Crippen LogP contribution in [0.25, 0.3) is 0 Å². The van der Waals surface area contributed by atoms with Gasteiger partial charge in [-0.2, -0.15) is 5.57 Å². The molecule has 0 aromatic rings. The molecule has 0 bridgehead atoms. The summed E-state index contributed by atoms with van der Waals surface area (Å²) in [6.07, 6.45) is 9.55. The molecule has 0 heterocycles. The van der Waals surface area contributed by atoms with E-state index in [1.807, 2.05) is 19.9 Å². The molecule has 0 amide bonds. The third-order valence-electron chi connectivity index (χ3n) is 1.15. The van der Waals surface area contributed by atoms with Crippen molar-refractivity contribution in [3.8, 4) is 0 Å². The first-order valence-electron chi connectivity index (χ1n) is 3.62. The van der Waals surface area contributed by atoms with Crippen LogP contribution in [0.3, 0.4) is 0 Å². The van der Waals surface area contributed by atoms with Gasteiger partial charge in [-0.3, -0.25) is 6.08 Å². The van der Waals surface area contributed by atoms with Crippen LogP contribution in [-0.2, 0) is 0 Å². The zero-order valence-electron chi connectivity index (χ0n) is 7.57. The summed E-state index contributed by atoms with van der Waals surface area (Å²) in [4.78, 5) is 0. The van der Waals surface area contributed by atoms with E-state index >= 15 is 0 Å². The van der Waals surface area contributed by atoms with Gasteiger partial charge in [-0.15, -0.1) is 6.42 Å². The Morgan fingerprint density at radius 1 is 1.40 bits per heavy atom. The summed E-state index contributed by atoms with van der Waals surface area (Å²) in [6.45, 7) is 6.15. The van der Waals surface area contributed by atoms with Crippen LogP contribution >= 0.6 is 0 Å². The largest absolute Gasteiger partial charge is 1.00 e. The summed E-state index contributed by atoms with van der Waals surface area (Å²) >= 11 is 0. The van der Waals surface area contributed by atoms with Crippen LogP contribution in [0.5, 0.6) is 0 Å². The molecule has 0 aromatic carbocycles. The molecule has 0 fully saturated rings. The van der Waals surface area contributed by atoms with Crippen LogP contribution in [0.4, 0.5) is 0 Å². The summed E-state index contributed by atoms with van der Waals surface area (Å²) in [5, 5.41) is 0. The minimum atomic E-state index is 0. The second-order valence-corrected chi connectivity index (χ2v) is 1.88. The Morgan fingerprint density at radius 3 is 2.20 bits per heavy atom. The molecule has 0 unspecified atom stereocenters. The van der Waals surface area contributed by atoms with Crippen molar-refractivity contribution in [2.45, 2.75) is 33.6 Å². The smallest absolute Gasteiger partial charge is 0.275 e. The molecule has 0 nitrogen and oxygen atoms in total. The molecule has 1 rings (SSSR count). The number of hydrogen-bond acceptors (Lipinski definition) is 0. The zero-order chi connectivity index (χ0) is 7.11. The maximum atomic E-state index is 3.11. The summed E-state index contributed by atoms with van der Waals surface area (Å²) in [7, 11) is 0. The molecule has 0 aromatic heterocycles. The van der Waals surface area contributed by atoms with Crippen molar-refractivity contribution in [3.63, 3.8) is 0 Å². The van der Waals surface area contributed by atoms with Crippen molar-refractivity contribution in [2.24, 2.45) is 0 Å². The molecule has 0 N–H and O–H groups in total. The molecule has 0 saturated heterocycles. The molecule has 10 heavy (non-hydrogen) atoms. The van der Waals surface area contributed by atoms with Crippen LogP contribution in [0.2, 0.25) is 0 Å². The fourth-order valence-corrected chi connectivity index (χ4v) is 0.637. The molecule has 0 spiro atoms. The average molecular weight is 162 g/mol. The van der Waals surface area contributed by atoms with Gasteiger partial charge in [0, 0.05) is 0 Å². The maximum Gasteiger partial charge on any atom is 1.00 e. The van der Waals surface area contributed by atoms with Crippen LogP contribution in [-0.4, -0.2) is 0 Å². The van der Waals surface area contributed by atoms with Crippen LogP contribution in [0.1, 0.15) is 33.6 Å². The van der Waals surface area contributed by atoms with E-state index in [0.717, 1.165) is 6.42 Å². The van der Waals surface area contributed by atoms with Gasteiger partial charge in [0.15, 0.2) is 0 Å². The van der Waals surface area contributed by atoms with Gasteiger partial charge in [-0.25, -0.2) is 12.2 Å². The van der Waals surface area contributed by atoms with E-state index in [0.29, 0.717) is 0 Å². The quantitative estimate of drug-likeness (QED) is 0.350. The van der Waals surface area contributed by atoms with E-state index in [9.17, 15) is 0 Å². The molecule has 52 valence electrons. The van der Waals surface area contributed by atoms with Crippen molar-refractivity contribution in [2.75, 3.05) is 0 Å². The number of hydrogen-bond donors (Lipinski definition) is 0. The zero-order valence-corrected chi connectivity index (χ0v) is 10.7. The van der Waals surface area contributed by atoms with E-state index < -0.39 is 0 Å². The molecular formula is C9H15K. The molecule has 1 heteroatoms. The van der Waals surface area contributed by atoms with Crippen molar-refractivity contribution in [1.29, 1.82) is 0 Å². The van der Waals surface area contributed by atoms with E-state index in [1.54, 1.807) is 0 Å². The van der Waals surface area contributed by atoms with Crippen molar-refractivity contribution in [1.82, 2.24) is 0 Å². The minimum Gasteiger partial charge on any atom is -0.275 e. The van der Waals surface area contributed by atoms with E-state index in [-0.39, 0.29) is 51.4 Å². The van der Waals surface area contributed by atoms with Crippen LogP contribution in [0, 0.1) is 6.08 Å².